The lowest BCUT2D eigenvalue weighted by molar-refractivity contribution is -0.137. The Morgan fingerprint density at radius 3 is 2.29 bits per heavy atom. The maximum atomic E-state index is 12.5. The zero-order chi connectivity index (χ0) is 10.9. The smallest absolute Gasteiger partial charge is 0.398 e. The van der Waals surface area contributed by atoms with Crippen LogP contribution in [0.15, 0.2) is 16.6 Å². The summed E-state index contributed by atoms with van der Waals surface area (Å²) in [6, 6.07) is 2.89. The Kier molecular flexibility index (Phi) is 3.47. The van der Waals surface area contributed by atoms with Crippen molar-refractivity contribution in [2.45, 2.75) is 11.5 Å². The minimum absolute atomic E-state index is 0.0350. The molecule has 0 radical (unpaired) electrons. The summed E-state index contributed by atoms with van der Waals surface area (Å²) in [6.07, 6.45) is -4.43. The van der Waals surface area contributed by atoms with Crippen molar-refractivity contribution in [3.05, 3.63) is 27.7 Å². The summed E-state index contributed by atoms with van der Waals surface area (Å²) in [4.78, 5) is 0. The summed E-state index contributed by atoms with van der Waals surface area (Å²) in [5.74, 6) is 0. The van der Waals surface area contributed by atoms with Gasteiger partial charge in [0.1, 0.15) is 0 Å². The largest absolute Gasteiger partial charge is 0.419 e. The fraction of sp³-hybridized carbons (Fsp3) is 0.250. The summed E-state index contributed by atoms with van der Waals surface area (Å²) in [7, 11) is 0. The maximum Gasteiger partial charge on any atom is 0.419 e. The number of halogens is 5. The molecule has 78 valence electrons. The molecule has 0 spiro atoms. The highest BCUT2D eigenvalue weighted by Crippen LogP contribution is 2.40. The van der Waals surface area contributed by atoms with Crippen LogP contribution in [0.25, 0.3) is 0 Å². The summed E-state index contributed by atoms with van der Waals surface area (Å²) < 4.78 is 37.5. The average molecular weight is 333 g/mol. The first-order chi connectivity index (χ1) is 6.38. The van der Waals surface area contributed by atoms with Gasteiger partial charge in [-0.2, -0.15) is 13.2 Å². The van der Waals surface area contributed by atoms with Gasteiger partial charge in [0.2, 0.25) is 0 Å². The van der Waals surface area contributed by atoms with E-state index in [4.69, 9.17) is 5.73 Å². The van der Waals surface area contributed by atoms with E-state index in [9.17, 15) is 13.2 Å². The highest BCUT2D eigenvalue weighted by atomic mass is 79.9. The Balaban J connectivity index is 3.40. The number of benzene rings is 1. The molecule has 0 saturated carbocycles. The minimum Gasteiger partial charge on any atom is -0.398 e. The van der Waals surface area contributed by atoms with Gasteiger partial charge in [0.15, 0.2) is 0 Å². The fourth-order valence-corrected chi connectivity index (χ4v) is 2.10. The van der Waals surface area contributed by atoms with E-state index >= 15 is 0 Å². The van der Waals surface area contributed by atoms with E-state index in [1.165, 1.54) is 6.07 Å². The second kappa shape index (κ2) is 4.10. The number of anilines is 1. The lowest BCUT2D eigenvalue weighted by atomic mass is 10.1. The van der Waals surface area contributed by atoms with Gasteiger partial charge in [-0.3, -0.25) is 0 Å². The zero-order valence-corrected chi connectivity index (χ0v) is 10.0. The standard InChI is InChI=1S/C8H6Br2F3N/c9-3-4-1-2-5(10)6(7(4)14)8(11,12)13/h1-2H,3,14H2. The molecule has 0 atom stereocenters. The highest BCUT2D eigenvalue weighted by molar-refractivity contribution is 9.10. The number of nitrogens with two attached hydrogens (primary N) is 1. The van der Waals surface area contributed by atoms with Crippen molar-refractivity contribution < 1.29 is 13.2 Å². The second-order valence-corrected chi connectivity index (χ2v) is 4.04. The quantitative estimate of drug-likeness (QED) is 0.611. The molecule has 0 saturated heterocycles. The Bertz CT molecular complexity index is 349. The van der Waals surface area contributed by atoms with Crippen LogP contribution in [0.2, 0.25) is 0 Å². The molecule has 0 aliphatic heterocycles. The SMILES string of the molecule is Nc1c(CBr)ccc(Br)c1C(F)(F)F. The van der Waals surface area contributed by atoms with Gasteiger partial charge in [-0.1, -0.05) is 37.9 Å². The highest BCUT2D eigenvalue weighted by Gasteiger charge is 2.36. The summed E-state index contributed by atoms with van der Waals surface area (Å²) >= 11 is 5.90. The first-order valence-corrected chi connectivity index (χ1v) is 5.49. The van der Waals surface area contributed by atoms with E-state index < -0.39 is 11.7 Å². The van der Waals surface area contributed by atoms with Crippen molar-refractivity contribution in [1.29, 1.82) is 0 Å². The molecule has 1 rings (SSSR count). The normalized spacial score (nSPS) is 11.8. The van der Waals surface area contributed by atoms with E-state index in [1.807, 2.05) is 0 Å². The molecular weight excluding hydrogens is 327 g/mol. The first-order valence-electron chi connectivity index (χ1n) is 3.58. The molecule has 0 bridgehead atoms. The van der Waals surface area contributed by atoms with Crippen LogP contribution < -0.4 is 5.73 Å². The van der Waals surface area contributed by atoms with Gasteiger partial charge < -0.3 is 5.73 Å². The van der Waals surface area contributed by atoms with Crippen molar-refractivity contribution in [3.8, 4) is 0 Å². The summed E-state index contributed by atoms with van der Waals surface area (Å²) in [6.45, 7) is 0. The Hall–Kier alpha value is -0.230. The van der Waals surface area contributed by atoms with Gasteiger partial charge in [-0.25, -0.2) is 0 Å². The number of hydrogen-bond donors (Lipinski definition) is 1. The van der Waals surface area contributed by atoms with E-state index in [-0.39, 0.29) is 10.2 Å². The monoisotopic (exact) mass is 331 g/mol. The third-order valence-electron chi connectivity index (χ3n) is 1.71. The predicted octanol–water partition coefficient (Wildman–Crippen LogP) is 3.95. The van der Waals surface area contributed by atoms with E-state index in [2.05, 4.69) is 31.9 Å². The van der Waals surface area contributed by atoms with Crippen molar-refractivity contribution in [1.82, 2.24) is 0 Å². The molecule has 0 unspecified atom stereocenters. The van der Waals surface area contributed by atoms with Crippen LogP contribution in [0.4, 0.5) is 18.9 Å². The van der Waals surface area contributed by atoms with Gasteiger partial charge in [0.25, 0.3) is 0 Å². The fourth-order valence-electron chi connectivity index (χ4n) is 1.04. The molecule has 1 aromatic rings. The molecular formula is C8H6Br2F3N. The van der Waals surface area contributed by atoms with E-state index in [0.717, 1.165) is 0 Å². The molecule has 0 aromatic heterocycles. The molecule has 14 heavy (non-hydrogen) atoms. The molecule has 6 heteroatoms. The maximum absolute atomic E-state index is 12.5. The number of rotatable bonds is 1. The van der Waals surface area contributed by atoms with Crippen LogP contribution >= 0.6 is 31.9 Å². The number of alkyl halides is 4. The van der Waals surface area contributed by atoms with Crippen molar-refractivity contribution in [2.24, 2.45) is 0 Å². The van der Waals surface area contributed by atoms with Crippen molar-refractivity contribution in [2.75, 3.05) is 5.73 Å². The Morgan fingerprint density at radius 2 is 1.86 bits per heavy atom. The van der Waals surface area contributed by atoms with Crippen LogP contribution in [0.5, 0.6) is 0 Å². The van der Waals surface area contributed by atoms with Crippen LogP contribution in [-0.4, -0.2) is 0 Å². The lowest BCUT2D eigenvalue weighted by Gasteiger charge is -2.14. The van der Waals surface area contributed by atoms with Gasteiger partial charge >= 0.3 is 6.18 Å². The lowest BCUT2D eigenvalue weighted by Crippen LogP contribution is -2.11. The number of nitrogen functional groups attached to an aromatic ring is 1. The molecule has 2 N–H and O–H groups in total. The summed E-state index contributed by atoms with van der Waals surface area (Å²) in [5, 5.41) is 0.301. The van der Waals surface area contributed by atoms with Crippen LogP contribution in [0, 0.1) is 0 Å². The van der Waals surface area contributed by atoms with E-state index in [1.54, 1.807) is 6.07 Å². The zero-order valence-electron chi connectivity index (χ0n) is 6.83. The molecule has 1 nitrogen and oxygen atoms in total. The van der Waals surface area contributed by atoms with Crippen LogP contribution in [-0.2, 0) is 11.5 Å². The van der Waals surface area contributed by atoms with Crippen LogP contribution in [0.3, 0.4) is 0 Å². The third kappa shape index (κ3) is 2.23. The van der Waals surface area contributed by atoms with Gasteiger partial charge in [0.05, 0.1) is 5.56 Å². The molecule has 0 fully saturated rings. The molecule has 0 amide bonds. The topological polar surface area (TPSA) is 26.0 Å². The van der Waals surface area contributed by atoms with Crippen molar-refractivity contribution >= 4 is 37.5 Å². The van der Waals surface area contributed by atoms with E-state index in [0.29, 0.717) is 10.9 Å². The van der Waals surface area contributed by atoms with Crippen LogP contribution in [0.1, 0.15) is 11.1 Å². The predicted molar refractivity (Wildman–Crippen MR) is 56.2 cm³/mol. The summed E-state index contributed by atoms with van der Waals surface area (Å²) in [5.41, 5.74) is 4.79. The van der Waals surface area contributed by atoms with Gasteiger partial charge in [-0.05, 0) is 11.6 Å². The number of hydrogen-bond acceptors (Lipinski definition) is 1. The second-order valence-electron chi connectivity index (χ2n) is 2.63. The minimum atomic E-state index is -4.43. The first kappa shape index (κ1) is 11.8. The molecule has 0 aliphatic carbocycles. The molecule has 0 aliphatic rings. The Morgan fingerprint density at radius 1 is 1.29 bits per heavy atom. The Labute approximate surface area is 95.7 Å². The molecule has 0 heterocycles. The van der Waals surface area contributed by atoms with Crippen molar-refractivity contribution in [3.63, 3.8) is 0 Å². The third-order valence-corrected chi connectivity index (χ3v) is 2.98. The van der Waals surface area contributed by atoms with Gasteiger partial charge in [0, 0.05) is 15.5 Å². The van der Waals surface area contributed by atoms with Gasteiger partial charge in [-0.15, -0.1) is 0 Å². The average Bonchev–Trinajstić information content (AvgIpc) is 2.02. The molecule has 1 aromatic carbocycles.